The zero-order valence-corrected chi connectivity index (χ0v) is 11.7. The minimum atomic E-state index is -0.498. The van der Waals surface area contributed by atoms with Crippen molar-refractivity contribution < 1.29 is 18.4 Å². The van der Waals surface area contributed by atoms with Crippen LogP contribution >= 0.6 is 0 Å². The van der Waals surface area contributed by atoms with Crippen molar-refractivity contribution in [1.82, 2.24) is 10.1 Å². The third kappa shape index (κ3) is 2.46. The molecule has 1 fully saturated rings. The van der Waals surface area contributed by atoms with E-state index in [2.05, 4.69) is 10.1 Å². The molecule has 0 radical (unpaired) electrons. The van der Waals surface area contributed by atoms with Crippen LogP contribution in [0, 0.1) is 12.7 Å². The van der Waals surface area contributed by atoms with Gasteiger partial charge in [-0.15, -0.1) is 0 Å². The Morgan fingerprint density at radius 1 is 1.48 bits per heavy atom. The third-order valence-electron chi connectivity index (χ3n) is 3.48. The van der Waals surface area contributed by atoms with Gasteiger partial charge in [0, 0.05) is 37.6 Å². The molecule has 21 heavy (non-hydrogen) atoms. The fourth-order valence-corrected chi connectivity index (χ4v) is 2.43. The highest BCUT2D eigenvalue weighted by Gasteiger charge is 2.34. The van der Waals surface area contributed by atoms with E-state index in [1.165, 1.54) is 24.1 Å². The molecule has 1 unspecified atom stereocenters. The van der Waals surface area contributed by atoms with Gasteiger partial charge in [0.15, 0.2) is 17.4 Å². The highest BCUT2D eigenvalue weighted by molar-refractivity contribution is 5.96. The highest BCUT2D eigenvalue weighted by atomic mass is 19.1. The lowest BCUT2D eigenvalue weighted by Gasteiger charge is -2.16. The molecule has 0 bridgehead atoms. The second-order valence-corrected chi connectivity index (χ2v) is 4.90. The quantitative estimate of drug-likeness (QED) is 0.865. The number of aryl methyl sites for hydroxylation is 1. The monoisotopic (exact) mass is 291 g/mol. The van der Waals surface area contributed by atoms with Crippen LogP contribution in [0.1, 0.15) is 24.1 Å². The van der Waals surface area contributed by atoms with Gasteiger partial charge in [0.1, 0.15) is 0 Å². The number of carbonyl (C=O) groups excluding carboxylic acids is 1. The van der Waals surface area contributed by atoms with Crippen molar-refractivity contribution in [2.45, 2.75) is 19.3 Å². The minimum Gasteiger partial charge on any atom is -0.494 e. The van der Waals surface area contributed by atoms with Crippen LogP contribution in [0.15, 0.2) is 22.7 Å². The Kier molecular flexibility index (Phi) is 3.32. The SMILES string of the molecule is COc1ccc(N2CC(c3noc(C)n3)CC2=O)cc1F. The number of rotatable bonds is 3. The summed E-state index contributed by atoms with van der Waals surface area (Å²) in [6.45, 7) is 2.10. The average Bonchev–Trinajstić information content (AvgIpc) is 3.05. The first-order valence-electron chi connectivity index (χ1n) is 6.52. The zero-order valence-electron chi connectivity index (χ0n) is 11.7. The number of nitrogens with zero attached hydrogens (tertiary/aromatic N) is 3. The summed E-state index contributed by atoms with van der Waals surface area (Å²) in [5.74, 6) is 0.397. The number of carbonyl (C=O) groups is 1. The van der Waals surface area contributed by atoms with Gasteiger partial charge < -0.3 is 14.2 Å². The van der Waals surface area contributed by atoms with Crippen molar-refractivity contribution >= 4 is 11.6 Å². The van der Waals surface area contributed by atoms with Crippen LogP contribution in [-0.4, -0.2) is 29.7 Å². The number of methoxy groups -OCH3 is 1. The molecule has 7 heteroatoms. The zero-order chi connectivity index (χ0) is 15.0. The van der Waals surface area contributed by atoms with E-state index in [1.807, 2.05) is 0 Å². The van der Waals surface area contributed by atoms with Crippen LogP contribution in [-0.2, 0) is 4.79 Å². The molecule has 1 aromatic heterocycles. The van der Waals surface area contributed by atoms with E-state index in [0.29, 0.717) is 23.9 Å². The molecule has 1 saturated heterocycles. The molecule has 2 heterocycles. The first-order chi connectivity index (χ1) is 10.1. The molecule has 110 valence electrons. The molecule has 1 amide bonds. The molecule has 0 saturated carbocycles. The van der Waals surface area contributed by atoms with Crippen LogP contribution in [0.2, 0.25) is 0 Å². The Labute approximate surface area is 120 Å². The maximum absolute atomic E-state index is 13.8. The van der Waals surface area contributed by atoms with Gasteiger partial charge in [-0.25, -0.2) is 4.39 Å². The number of aromatic nitrogens is 2. The molecule has 1 aromatic carbocycles. The maximum atomic E-state index is 13.8. The molecule has 1 atom stereocenters. The van der Waals surface area contributed by atoms with E-state index in [4.69, 9.17) is 9.26 Å². The first kappa shape index (κ1) is 13.5. The number of ether oxygens (including phenoxy) is 1. The fourth-order valence-electron chi connectivity index (χ4n) is 2.43. The Morgan fingerprint density at radius 3 is 2.90 bits per heavy atom. The topological polar surface area (TPSA) is 68.5 Å². The molecule has 6 nitrogen and oxygen atoms in total. The van der Waals surface area contributed by atoms with Gasteiger partial charge in [-0.05, 0) is 12.1 Å². The fraction of sp³-hybridized carbons (Fsp3) is 0.357. The minimum absolute atomic E-state index is 0.0907. The lowest BCUT2D eigenvalue weighted by molar-refractivity contribution is -0.117. The summed E-state index contributed by atoms with van der Waals surface area (Å²) in [5, 5.41) is 3.85. The van der Waals surface area contributed by atoms with Crippen LogP contribution in [0.25, 0.3) is 0 Å². The number of hydrogen-bond donors (Lipinski definition) is 0. The number of halogens is 1. The van der Waals surface area contributed by atoms with Gasteiger partial charge in [-0.1, -0.05) is 5.16 Å². The van der Waals surface area contributed by atoms with Gasteiger partial charge >= 0.3 is 0 Å². The predicted molar refractivity (Wildman–Crippen MR) is 71.7 cm³/mol. The number of amides is 1. The Bertz CT molecular complexity index is 686. The smallest absolute Gasteiger partial charge is 0.227 e. The van der Waals surface area contributed by atoms with E-state index in [1.54, 1.807) is 13.0 Å². The second-order valence-electron chi connectivity index (χ2n) is 4.90. The maximum Gasteiger partial charge on any atom is 0.227 e. The lowest BCUT2D eigenvalue weighted by Crippen LogP contribution is -2.24. The summed E-state index contributed by atoms with van der Waals surface area (Å²) in [4.78, 5) is 17.8. The number of anilines is 1. The second kappa shape index (κ2) is 5.16. The van der Waals surface area contributed by atoms with Crippen molar-refractivity contribution in [3.63, 3.8) is 0 Å². The van der Waals surface area contributed by atoms with Gasteiger partial charge in [0.2, 0.25) is 11.8 Å². The Balaban J connectivity index is 1.83. The van der Waals surface area contributed by atoms with E-state index in [0.717, 1.165) is 0 Å². The number of hydrogen-bond acceptors (Lipinski definition) is 5. The molecule has 0 aliphatic carbocycles. The molecular formula is C14H14FN3O3. The molecule has 3 rings (SSSR count). The molecule has 1 aliphatic heterocycles. The van der Waals surface area contributed by atoms with E-state index in [9.17, 15) is 9.18 Å². The summed E-state index contributed by atoms with van der Waals surface area (Å²) in [5.41, 5.74) is 0.501. The van der Waals surface area contributed by atoms with Crippen LogP contribution < -0.4 is 9.64 Å². The first-order valence-corrected chi connectivity index (χ1v) is 6.52. The van der Waals surface area contributed by atoms with Gasteiger partial charge in [-0.3, -0.25) is 4.79 Å². The van der Waals surface area contributed by atoms with Crippen molar-refractivity contribution in [2.75, 3.05) is 18.6 Å². The van der Waals surface area contributed by atoms with Crippen LogP contribution in [0.5, 0.6) is 5.75 Å². The third-order valence-corrected chi connectivity index (χ3v) is 3.48. The van der Waals surface area contributed by atoms with Crippen molar-refractivity contribution in [3.05, 3.63) is 35.7 Å². The van der Waals surface area contributed by atoms with E-state index >= 15 is 0 Å². The van der Waals surface area contributed by atoms with Crippen LogP contribution in [0.3, 0.4) is 0 Å². The average molecular weight is 291 g/mol. The summed E-state index contributed by atoms with van der Waals surface area (Å²) >= 11 is 0. The van der Waals surface area contributed by atoms with E-state index in [-0.39, 0.29) is 24.0 Å². The normalized spacial score (nSPS) is 18.3. The molecule has 1 aliphatic rings. The molecule has 2 aromatic rings. The molecule has 0 N–H and O–H groups in total. The van der Waals surface area contributed by atoms with Crippen LogP contribution in [0.4, 0.5) is 10.1 Å². The molecular weight excluding hydrogens is 277 g/mol. The summed E-state index contributed by atoms with van der Waals surface area (Å²) in [6, 6.07) is 4.45. The van der Waals surface area contributed by atoms with Gasteiger partial charge in [0.05, 0.1) is 7.11 Å². The standard InChI is InChI=1S/C14H14FN3O3/c1-8-16-14(17-21-8)9-5-13(19)18(7-9)10-3-4-12(20-2)11(15)6-10/h3-4,6,9H,5,7H2,1-2H3. The predicted octanol–water partition coefficient (Wildman–Crippen LogP) is 2.05. The van der Waals surface area contributed by atoms with Crippen molar-refractivity contribution in [2.24, 2.45) is 0 Å². The number of benzene rings is 1. The Morgan fingerprint density at radius 2 is 2.29 bits per heavy atom. The summed E-state index contributed by atoms with van der Waals surface area (Å²) in [7, 11) is 1.40. The molecule has 0 spiro atoms. The van der Waals surface area contributed by atoms with Gasteiger partial charge in [-0.2, -0.15) is 4.98 Å². The van der Waals surface area contributed by atoms with Crippen molar-refractivity contribution in [1.29, 1.82) is 0 Å². The lowest BCUT2D eigenvalue weighted by atomic mass is 10.1. The summed E-state index contributed by atoms with van der Waals surface area (Å²) in [6.07, 6.45) is 0.284. The van der Waals surface area contributed by atoms with Gasteiger partial charge in [0.25, 0.3) is 0 Å². The Hall–Kier alpha value is -2.44. The van der Waals surface area contributed by atoms with E-state index < -0.39 is 5.82 Å². The van der Waals surface area contributed by atoms with Crippen molar-refractivity contribution in [3.8, 4) is 5.75 Å². The highest BCUT2D eigenvalue weighted by Crippen LogP contribution is 2.32. The largest absolute Gasteiger partial charge is 0.494 e. The summed E-state index contributed by atoms with van der Waals surface area (Å²) < 4.78 is 23.6.